The van der Waals surface area contributed by atoms with Crippen molar-refractivity contribution in [1.29, 1.82) is 0 Å². The fourth-order valence-corrected chi connectivity index (χ4v) is 2.67. The zero-order valence-electron chi connectivity index (χ0n) is 11.2. The molecule has 0 aliphatic carbocycles. The van der Waals surface area contributed by atoms with Crippen molar-refractivity contribution in [2.24, 2.45) is 5.92 Å². The third-order valence-corrected chi connectivity index (χ3v) is 3.73. The van der Waals surface area contributed by atoms with Gasteiger partial charge in [-0.25, -0.2) is 9.59 Å². The van der Waals surface area contributed by atoms with Gasteiger partial charge in [-0.3, -0.25) is 0 Å². The van der Waals surface area contributed by atoms with Crippen LogP contribution in [0, 0.1) is 5.92 Å². The molecule has 1 aliphatic heterocycles. The second kappa shape index (κ2) is 6.13. The number of likely N-dealkylation sites (tertiary alicyclic amines) is 1. The number of carbonyl (C=O) groups is 2. The maximum Gasteiger partial charge on any atom is 0.339 e. The molecule has 1 atom stereocenters. The summed E-state index contributed by atoms with van der Waals surface area (Å²) in [5.41, 5.74) is 0.154. The number of rotatable bonds is 2. The number of urea groups is 1. The van der Waals surface area contributed by atoms with E-state index in [2.05, 4.69) is 12.2 Å². The largest absolute Gasteiger partial charge is 0.478 e. The summed E-state index contributed by atoms with van der Waals surface area (Å²) >= 11 is 5.87. The molecule has 1 saturated heterocycles. The Bertz CT molecular complexity index is 533. The predicted molar refractivity (Wildman–Crippen MR) is 77.4 cm³/mol. The molecule has 1 aliphatic rings. The van der Waals surface area contributed by atoms with Gasteiger partial charge < -0.3 is 15.3 Å². The smallest absolute Gasteiger partial charge is 0.339 e. The Hall–Kier alpha value is -1.75. The Kier molecular flexibility index (Phi) is 4.49. The summed E-state index contributed by atoms with van der Waals surface area (Å²) in [7, 11) is 0. The van der Waals surface area contributed by atoms with Gasteiger partial charge in [0.05, 0.1) is 10.7 Å². The molecular formula is C14H17ClN2O3. The van der Waals surface area contributed by atoms with E-state index in [0.717, 1.165) is 12.8 Å². The van der Waals surface area contributed by atoms with Crippen LogP contribution in [-0.4, -0.2) is 35.1 Å². The van der Waals surface area contributed by atoms with E-state index in [1.165, 1.54) is 6.07 Å². The first-order chi connectivity index (χ1) is 9.49. The summed E-state index contributed by atoms with van der Waals surface area (Å²) < 4.78 is 0. The van der Waals surface area contributed by atoms with E-state index in [9.17, 15) is 9.59 Å². The molecule has 0 aromatic heterocycles. The highest BCUT2D eigenvalue weighted by atomic mass is 35.5. The fourth-order valence-electron chi connectivity index (χ4n) is 2.41. The van der Waals surface area contributed by atoms with E-state index in [4.69, 9.17) is 16.7 Å². The molecule has 2 N–H and O–H groups in total. The lowest BCUT2D eigenvalue weighted by molar-refractivity contribution is 0.0698. The third kappa shape index (κ3) is 3.22. The van der Waals surface area contributed by atoms with Crippen LogP contribution in [0.3, 0.4) is 0 Å². The van der Waals surface area contributed by atoms with Crippen molar-refractivity contribution in [3.05, 3.63) is 28.8 Å². The molecule has 1 unspecified atom stereocenters. The lowest BCUT2D eigenvalue weighted by Gasteiger charge is -2.31. The molecule has 2 rings (SSSR count). The van der Waals surface area contributed by atoms with E-state index in [0.29, 0.717) is 19.0 Å². The molecule has 0 spiro atoms. The molecule has 0 bridgehead atoms. The average Bonchev–Trinajstić information content (AvgIpc) is 2.38. The van der Waals surface area contributed by atoms with Crippen molar-refractivity contribution in [3.8, 4) is 0 Å². The van der Waals surface area contributed by atoms with Gasteiger partial charge >= 0.3 is 12.0 Å². The molecule has 108 valence electrons. The van der Waals surface area contributed by atoms with Gasteiger partial charge in [0, 0.05) is 13.1 Å². The molecule has 0 radical (unpaired) electrons. The van der Waals surface area contributed by atoms with Gasteiger partial charge in [0.1, 0.15) is 5.56 Å². The maximum atomic E-state index is 12.2. The number of carbonyl (C=O) groups excluding carboxylic acids is 1. The fraction of sp³-hybridized carbons (Fsp3) is 0.429. The standard InChI is InChI=1S/C14H17ClN2O3/c1-9-4-3-7-17(8-9)14(20)16-11-6-2-5-10(15)12(11)13(18)19/h2,5-6,9H,3-4,7-8H2,1H3,(H,16,20)(H,18,19). The number of benzene rings is 1. The quantitative estimate of drug-likeness (QED) is 0.879. The van der Waals surface area contributed by atoms with Gasteiger partial charge in [0.2, 0.25) is 0 Å². The van der Waals surface area contributed by atoms with Crippen molar-refractivity contribution < 1.29 is 14.7 Å². The first-order valence-electron chi connectivity index (χ1n) is 6.56. The summed E-state index contributed by atoms with van der Waals surface area (Å²) in [5.74, 6) is -0.689. The number of aromatic carboxylic acids is 1. The summed E-state index contributed by atoms with van der Waals surface area (Å²) in [6.07, 6.45) is 2.08. The topological polar surface area (TPSA) is 69.6 Å². The molecule has 1 heterocycles. The number of hydrogen-bond donors (Lipinski definition) is 2. The predicted octanol–water partition coefficient (Wildman–Crippen LogP) is 3.30. The highest BCUT2D eigenvalue weighted by Crippen LogP contribution is 2.25. The van der Waals surface area contributed by atoms with E-state index in [1.54, 1.807) is 17.0 Å². The number of hydrogen-bond acceptors (Lipinski definition) is 2. The van der Waals surface area contributed by atoms with Crippen LogP contribution >= 0.6 is 11.6 Å². The number of carboxylic acids is 1. The van der Waals surface area contributed by atoms with Crippen molar-refractivity contribution >= 4 is 29.3 Å². The van der Waals surface area contributed by atoms with E-state index in [1.807, 2.05) is 0 Å². The Balaban J connectivity index is 2.15. The molecule has 6 heteroatoms. The van der Waals surface area contributed by atoms with Crippen molar-refractivity contribution in [3.63, 3.8) is 0 Å². The number of nitrogens with zero attached hydrogens (tertiary/aromatic N) is 1. The van der Waals surface area contributed by atoms with Crippen LogP contribution in [0.5, 0.6) is 0 Å². The molecule has 1 aromatic rings. The van der Waals surface area contributed by atoms with Crippen LogP contribution in [0.25, 0.3) is 0 Å². The van der Waals surface area contributed by atoms with Gasteiger partial charge in [-0.2, -0.15) is 0 Å². The molecule has 1 fully saturated rings. The first kappa shape index (κ1) is 14.7. The molecule has 5 nitrogen and oxygen atoms in total. The highest BCUT2D eigenvalue weighted by Gasteiger charge is 2.23. The number of nitrogens with one attached hydrogen (secondary N) is 1. The Morgan fingerprint density at radius 3 is 2.85 bits per heavy atom. The number of carboxylic acid groups (broad SMARTS) is 1. The minimum absolute atomic E-state index is 0.0763. The van der Waals surface area contributed by atoms with Crippen LogP contribution in [0.2, 0.25) is 5.02 Å². The summed E-state index contributed by atoms with van der Waals surface area (Å²) in [6.45, 7) is 3.48. The number of piperidine rings is 1. The van der Waals surface area contributed by atoms with Crippen LogP contribution in [0.1, 0.15) is 30.1 Å². The summed E-state index contributed by atoms with van der Waals surface area (Å²) in [5, 5.41) is 11.9. The maximum absolute atomic E-state index is 12.2. The SMILES string of the molecule is CC1CCCN(C(=O)Nc2cccc(Cl)c2C(=O)O)C1. The normalized spacial score (nSPS) is 18.7. The number of anilines is 1. The second-order valence-electron chi connectivity index (χ2n) is 5.09. The van der Waals surface area contributed by atoms with Crippen LogP contribution in [0.4, 0.5) is 10.5 Å². The second-order valence-corrected chi connectivity index (χ2v) is 5.50. The lowest BCUT2D eigenvalue weighted by Crippen LogP contribution is -2.41. The molecule has 1 aromatic carbocycles. The molecular weight excluding hydrogens is 280 g/mol. The Labute approximate surface area is 122 Å². The molecule has 2 amide bonds. The zero-order chi connectivity index (χ0) is 14.7. The van der Waals surface area contributed by atoms with Gasteiger partial charge in [-0.15, -0.1) is 0 Å². The Morgan fingerprint density at radius 1 is 1.45 bits per heavy atom. The van der Waals surface area contributed by atoms with Crippen molar-refractivity contribution in [2.45, 2.75) is 19.8 Å². The Morgan fingerprint density at radius 2 is 2.20 bits per heavy atom. The van der Waals surface area contributed by atoms with E-state index in [-0.39, 0.29) is 22.3 Å². The molecule has 20 heavy (non-hydrogen) atoms. The minimum Gasteiger partial charge on any atom is -0.478 e. The van der Waals surface area contributed by atoms with Gasteiger partial charge in [-0.1, -0.05) is 24.6 Å². The van der Waals surface area contributed by atoms with Crippen LogP contribution in [0.15, 0.2) is 18.2 Å². The van der Waals surface area contributed by atoms with Gasteiger partial charge in [0.15, 0.2) is 0 Å². The highest BCUT2D eigenvalue weighted by molar-refractivity contribution is 6.34. The molecule has 0 saturated carbocycles. The summed E-state index contributed by atoms with van der Waals surface area (Å²) in [4.78, 5) is 25.1. The van der Waals surface area contributed by atoms with Crippen LogP contribution < -0.4 is 5.32 Å². The number of amides is 2. The monoisotopic (exact) mass is 296 g/mol. The number of halogens is 1. The lowest BCUT2D eigenvalue weighted by atomic mass is 10.0. The van der Waals surface area contributed by atoms with Gasteiger partial charge in [0.25, 0.3) is 0 Å². The average molecular weight is 297 g/mol. The first-order valence-corrected chi connectivity index (χ1v) is 6.94. The summed E-state index contributed by atoms with van der Waals surface area (Å²) in [6, 6.07) is 4.37. The van der Waals surface area contributed by atoms with Crippen molar-refractivity contribution in [2.75, 3.05) is 18.4 Å². The van der Waals surface area contributed by atoms with Gasteiger partial charge in [-0.05, 0) is 30.9 Å². The van der Waals surface area contributed by atoms with E-state index >= 15 is 0 Å². The van der Waals surface area contributed by atoms with Crippen LogP contribution in [-0.2, 0) is 0 Å². The zero-order valence-corrected chi connectivity index (χ0v) is 12.0. The van der Waals surface area contributed by atoms with E-state index < -0.39 is 5.97 Å². The third-order valence-electron chi connectivity index (χ3n) is 3.41. The minimum atomic E-state index is -1.15. The van der Waals surface area contributed by atoms with Crippen molar-refractivity contribution in [1.82, 2.24) is 4.90 Å².